The van der Waals surface area contributed by atoms with Crippen LogP contribution in [0, 0.1) is 0 Å². The second-order valence-corrected chi connectivity index (χ2v) is 4.96. The van der Waals surface area contributed by atoms with Gasteiger partial charge in [0.25, 0.3) is 0 Å². The van der Waals surface area contributed by atoms with E-state index in [0.717, 1.165) is 5.75 Å². The smallest absolute Gasteiger partial charge is 0.311 e. The topological polar surface area (TPSA) is 90.1 Å². The minimum absolute atomic E-state index is 0.198. The second kappa shape index (κ2) is 6.83. The zero-order valence-electron chi connectivity index (χ0n) is 12.1. The van der Waals surface area contributed by atoms with Gasteiger partial charge in [-0.1, -0.05) is 26.0 Å². The van der Waals surface area contributed by atoms with E-state index in [1.165, 1.54) is 10.2 Å². The van der Waals surface area contributed by atoms with Gasteiger partial charge in [-0.15, -0.1) is 5.10 Å². The molecule has 7 heteroatoms. The van der Waals surface area contributed by atoms with Crippen molar-refractivity contribution >= 4 is 5.97 Å². The molecule has 21 heavy (non-hydrogen) atoms. The highest BCUT2D eigenvalue weighted by Crippen LogP contribution is 2.18. The van der Waals surface area contributed by atoms with Crippen molar-refractivity contribution < 1.29 is 14.6 Å². The largest absolute Gasteiger partial charge is 0.492 e. The van der Waals surface area contributed by atoms with Gasteiger partial charge in [0.05, 0.1) is 6.54 Å². The van der Waals surface area contributed by atoms with Crippen LogP contribution >= 0.6 is 0 Å². The molecule has 0 unspecified atom stereocenters. The molecule has 0 saturated carbocycles. The maximum absolute atomic E-state index is 10.7. The van der Waals surface area contributed by atoms with Gasteiger partial charge in [0.2, 0.25) is 0 Å². The van der Waals surface area contributed by atoms with E-state index in [1.807, 2.05) is 24.3 Å². The highest BCUT2D eigenvalue weighted by molar-refractivity contribution is 5.68. The lowest BCUT2D eigenvalue weighted by Gasteiger charge is -2.09. The summed E-state index contributed by atoms with van der Waals surface area (Å²) in [4.78, 5) is 10.7. The van der Waals surface area contributed by atoms with E-state index in [9.17, 15) is 4.79 Å². The van der Waals surface area contributed by atoms with E-state index in [2.05, 4.69) is 29.4 Å². The summed E-state index contributed by atoms with van der Waals surface area (Å²) in [5.74, 6) is 0.614. The average molecular weight is 290 g/mol. The molecule has 2 aromatic rings. The van der Waals surface area contributed by atoms with E-state index in [1.54, 1.807) is 0 Å². The van der Waals surface area contributed by atoms with Crippen LogP contribution in [0.3, 0.4) is 0 Å². The maximum atomic E-state index is 10.7. The molecule has 1 N–H and O–H groups in total. The minimum atomic E-state index is -0.962. The van der Waals surface area contributed by atoms with E-state index >= 15 is 0 Å². The molecular weight excluding hydrogens is 272 g/mol. The fraction of sp³-hybridized carbons (Fsp3) is 0.429. The summed E-state index contributed by atoms with van der Waals surface area (Å²) in [6.07, 6.45) is -0.198. The summed E-state index contributed by atoms with van der Waals surface area (Å²) in [5, 5.41) is 19.6. The van der Waals surface area contributed by atoms with Gasteiger partial charge in [-0.2, -0.15) is 0 Å². The van der Waals surface area contributed by atoms with E-state index < -0.39 is 5.97 Å². The van der Waals surface area contributed by atoms with Crippen molar-refractivity contribution in [1.29, 1.82) is 0 Å². The van der Waals surface area contributed by atoms with E-state index in [4.69, 9.17) is 9.84 Å². The Kier molecular flexibility index (Phi) is 4.86. The molecule has 0 aliphatic heterocycles. The molecule has 1 aromatic heterocycles. The van der Waals surface area contributed by atoms with Crippen molar-refractivity contribution in [2.75, 3.05) is 6.61 Å². The van der Waals surface area contributed by atoms with E-state index in [-0.39, 0.29) is 6.42 Å². The number of hydrogen-bond acceptors (Lipinski definition) is 5. The standard InChI is InChI=1S/C14H18N4O3/c1-10(2)11-3-5-12(6-4-11)21-8-7-18-13(9-14(19)20)15-16-17-18/h3-6,10H,7-9H2,1-2H3,(H,19,20). The normalized spacial score (nSPS) is 10.8. The van der Waals surface area contributed by atoms with Crippen LogP contribution in [-0.4, -0.2) is 37.9 Å². The van der Waals surface area contributed by atoms with Gasteiger partial charge in [0, 0.05) is 0 Å². The molecule has 7 nitrogen and oxygen atoms in total. The summed E-state index contributed by atoms with van der Waals surface area (Å²) in [6, 6.07) is 7.92. The van der Waals surface area contributed by atoms with Crippen molar-refractivity contribution in [3.8, 4) is 5.75 Å². The molecule has 0 fully saturated rings. The Bertz CT molecular complexity index is 593. The predicted molar refractivity (Wildman–Crippen MR) is 75.2 cm³/mol. The maximum Gasteiger partial charge on any atom is 0.311 e. The number of rotatable bonds is 7. The van der Waals surface area contributed by atoms with Crippen LogP contribution in [-0.2, 0) is 17.8 Å². The fourth-order valence-corrected chi connectivity index (χ4v) is 1.86. The van der Waals surface area contributed by atoms with Gasteiger partial charge in [0.1, 0.15) is 18.8 Å². The number of carboxylic acid groups (broad SMARTS) is 1. The Morgan fingerprint density at radius 3 is 2.67 bits per heavy atom. The van der Waals surface area contributed by atoms with Crippen LogP contribution in [0.2, 0.25) is 0 Å². The van der Waals surface area contributed by atoms with Crippen LogP contribution in [0.25, 0.3) is 0 Å². The van der Waals surface area contributed by atoms with Gasteiger partial charge < -0.3 is 9.84 Å². The molecule has 0 radical (unpaired) electrons. The molecule has 0 spiro atoms. The van der Waals surface area contributed by atoms with Gasteiger partial charge in [-0.25, -0.2) is 4.68 Å². The molecule has 2 rings (SSSR count). The number of hydrogen-bond donors (Lipinski definition) is 1. The number of carboxylic acids is 1. The molecule has 0 atom stereocenters. The number of benzene rings is 1. The van der Waals surface area contributed by atoms with Crippen LogP contribution < -0.4 is 4.74 Å². The van der Waals surface area contributed by atoms with Crippen molar-refractivity contribution in [3.63, 3.8) is 0 Å². The van der Waals surface area contributed by atoms with Crippen molar-refractivity contribution in [3.05, 3.63) is 35.7 Å². The lowest BCUT2D eigenvalue weighted by atomic mass is 10.0. The van der Waals surface area contributed by atoms with Crippen LogP contribution in [0.5, 0.6) is 5.75 Å². The number of carbonyl (C=O) groups is 1. The summed E-state index contributed by atoms with van der Waals surface area (Å²) in [6.45, 7) is 5.05. The zero-order chi connectivity index (χ0) is 15.2. The second-order valence-electron chi connectivity index (χ2n) is 4.96. The molecular formula is C14H18N4O3. The Morgan fingerprint density at radius 2 is 2.05 bits per heavy atom. The first-order chi connectivity index (χ1) is 10.1. The Labute approximate surface area is 122 Å². The van der Waals surface area contributed by atoms with Gasteiger partial charge in [-0.3, -0.25) is 4.79 Å². The first kappa shape index (κ1) is 15.0. The summed E-state index contributed by atoms with van der Waals surface area (Å²) >= 11 is 0. The van der Waals surface area contributed by atoms with Crippen LogP contribution in [0.4, 0.5) is 0 Å². The first-order valence-corrected chi connectivity index (χ1v) is 6.76. The highest BCUT2D eigenvalue weighted by atomic mass is 16.5. The molecule has 112 valence electrons. The van der Waals surface area contributed by atoms with Crippen LogP contribution in [0.1, 0.15) is 31.2 Å². The average Bonchev–Trinajstić information content (AvgIpc) is 2.86. The molecule has 0 bridgehead atoms. The molecule has 0 amide bonds. The number of ether oxygens (including phenoxy) is 1. The quantitative estimate of drug-likeness (QED) is 0.831. The summed E-state index contributed by atoms with van der Waals surface area (Å²) in [7, 11) is 0. The third-order valence-electron chi connectivity index (χ3n) is 3.03. The third-order valence-corrected chi connectivity index (χ3v) is 3.03. The van der Waals surface area contributed by atoms with Crippen molar-refractivity contribution in [2.45, 2.75) is 32.7 Å². The summed E-state index contributed by atoms with van der Waals surface area (Å²) < 4.78 is 7.05. The van der Waals surface area contributed by atoms with Crippen molar-refractivity contribution in [1.82, 2.24) is 20.2 Å². The van der Waals surface area contributed by atoms with Crippen molar-refractivity contribution in [2.24, 2.45) is 0 Å². The van der Waals surface area contributed by atoms with Gasteiger partial charge >= 0.3 is 5.97 Å². The Morgan fingerprint density at radius 1 is 1.33 bits per heavy atom. The molecule has 0 saturated heterocycles. The Hall–Kier alpha value is -2.44. The lowest BCUT2D eigenvalue weighted by molar-refractivity contribution is -0.136. The highest BCUT2D eigenvalue weighted by Gasteiger charge is 2.10. The van der Waals surface area contributed by atoms with Gasteiger partial charge in [0.15, 0.2) is 5.82 Å². The predicted octanol–water partition coefficient (Wildman–Crippen LogP) is 1.50. The number of nitrogens with zero attached hydrogens (tertiary/aromatic N) is 4. The molecule has 1 heterocycles. The van der Waals surface area contributed by atoms with Crippen LogP contribution in [0.15, 0.2) is 24.3 Å². The summed E-state index contributed by atoms with van der Waals surface area (Å²) in [5.41, 5.74) is 1.26. The molecule has 1 aromatic carbocycles. The Balaban J connectivity index is 1.87. The fourth-order valence-electron chi connectivity index (χ4n) is 1.86. The number of aliphatic carboxylic acids is 1. The zero-order valence-corrected chi connectivity index (χ0v) is 12.1. The lowest BCUT2D eigenvalue weighted by Crippen LogP contribution is -2.15. The van der Waals surface area contributed by atoms with Gasteiger partial charge in [-0.05, 0) is 34.0 Å². The number of tetrazole rings is 1. The monoisotopic (exact) mass is 290 g/mol. The third kappa shape index (κ3) is 4.27. The number of aromatic nitrogens is 4. The molecule has 0 aliphatic rings. The molecule has 0 aliphatic carbocycles. The van der Waals surface area contributed by atoms with E-state index in [0.29, 0.717) is 24.9 Å². The minimum Gasteiger partial charge on any atom is -0.492 e. The SMILES string of the molecule is CC(C)c1ccc(OCCn2nnnc2CC(=O)O)cc1. The first-order valence-electron chi connectivity index (χ1n) is 6.76.